The monoisotopic (exact) mass is 294 g/mol. The van der Waals surface area contributed by atoms with E-state index in [1.165, 1.54) is 11.3 Å². The van der Waals surface area contributed by atoms with Gasteiger partial charge in [-0.15, -0.1) is 11.3 Å². The maximum atomic E-state index is 11.9. The Kier molecular flexibility index (Phi) is 3.56. The van der Waals surface area contributed by atoms with Crippen molar-refractivity contribution in [2.24, 2.45) is 0 Å². The summed E-state index contributed by atoms with van der Waals surface area (Å²) < 4.78 is 10.3. The largest absolute Gasteiger partial charge is 0.386 e. The molecule has 1 fully saturated rings. The summed E-state index contributed by atoms with van der Waals surface area (Å²) in [7, 11) is 0. The number of carbonyl (C=O) groups excluding carboxylic acids is 1. The maximum absolute atomic E-state index is 11.9. The fraction of sp³-hybridized carbons (Fsp3) is 0.385. The molecule has 106 valence electrons. The van der Waals surface area contributed by atoms with E-state index in [1.54, 1.807) is 6.07 Å². The van der Waals surface area contributed by atoms with E-state index >= 15 is 0 Å². The highest BCUT2D eigenvalue weighted by atomic mass is 32.1. The van der Waals surface area contributed by atoms with Crippen LogP contribution in [-0.4, -0.2) is 41.5 Å². The summed E-state index contributed by atoms with van der Waals surface area (Å²) in [5.41, 5.74) is -0.772. The van der Waals surface area contributed by atoms with Crippen LogP contribution in [0.3, 0.4) is 0 Å². The number of aliphatic hydroxyl groups is 1. The number of amides is 1. The van der Waals surface area contributed by atoms with E-state index < -0.39 is 5.60 Å². The van der Waals surface area contributed by atoms with E-state index in [4.69, 9.17) is 9.26 Å². The molecule has 6 nitrogen and oxygen atoms in total. The van der Waals surface area contributed by atoms with Crippen molar-refractivity contribution in [1.29, 1.82) is 0 Å². The van der Waals surface area contributed by atoms with Gasteiger partial charge in [-0.25, -0.2) is 0 Å². The standard InChI is InChI=1S/C13H14N2O4S/c16-12(14-7-13(17)3-4-18-8-13)9-6-10(19-15-9)11-2-1-5-20-11/h1-2,5-6,17H,3-4,7-8H2,(H,14,16). The summed E-state index contributed by atoms with van der Waals surface area (Å²) in [6, 6.07) is 5.39. The molecule has 2 N–H and O–H groups in total. The van der Waals surface area contributed by atoms with Crippen molar-refractivity contribution in [3.63, 3.8) is 0 Å². The van der Waals surface area contributed by atoms with Crippen molar-refractivity contribution in [2.75, 3.05) is 19.8 Å². The van der Waals surface area contributed by atoms with Gasteiger partial charge in [0.25, 0.3) is 5.91 Å². The van der Waals surface area contributed by atoms with Crippen LogP contribution in [0.25, 0.3) is 10.6 Å². The molecular formula is C13H14N2O4S. The molecular weight excluding hydrogens is 280 g/mol. The Morgan fingerprint density at radius 1 is 1.60 bits per heavy atom. The minimum absolute atomic E-state index is 0.146. The summed E-state index contributed by atoms with van der Waals surface area (Å²) in [5, 5.41) is 18.4. The number of hydrogen-bond donors (Lipinski definition) is 2. The summed E-state index contributed by atoms with van der Waals surface area (Å²) >= 11 is 1.51. The topological polar surface area (TPSA) is 84.6 Å². The van der Waals surface area contributed by atoms with Gasteiger partial charge in [0.15, 0.2) is 11.5 Å². The average molecular weight is 294 g/mol. The number of aromatic nitrogens is 1. The van der Waals surface area contributed by atoms with Gasteiger partial charge >= 0.3 is 0 Å². The Bertz CT molecular complexity index is 587. The first-order valence-corrected chi connectivity index (χ1v) is 7.13. The molecule has 0 aliphatic carbocycles. The Morgan fingerprint density at radius 3 is 3.20 bits per heavy atom. The third-order valence-electron chi connectivity index (χ3n) is 3.17. The zero-order valence-corrected chi connectivity index (χ0v) is 11.5. The first-order chi connectivity index (χ1) is 9.66. The Hall–Kier alpha value is -1.70. The molecule has 2 aromatic heterocycles. The van der Waals surface area contributed by atoms with Crippen molar-refractivity contribution < 1.29 is 19.2 Å². The smallest absolute Gasteiger partial charge is 0.273 e. The number of rotatable bonds is 4. The van der Waals surface area contributed by atoms with E-state index in [9.17, 15) is 9.90 Å². The SMILES string of the molecule is O=C(NCC1(O)CCOC1)c1cc(-c2cccs2)on1. The second kappa shape index (κ2) is 5.35. The molecule has 3 heterocycles. The van der Waals surface area contributed by atoms with Gasteiger partial charge in [0.2, 0.25) is 0 Å². The predicted molar refractivity (Wildman–Crippen MR) is 72.5 cm³/mol. The number of nitrogens with zero attached hydrogens (tertiary/aromatic N) is 1. The minimum atomic E-state index is -0.976. The van der Waals surface area contributed by atoms with Crippen molar-refractivity contribution in [3.05, 3.63) is 29.3 Å². The molecule has 1 aliphatic heterocycles. The first-order valence-electron chi connectivity index (χ1n) is 6.25. The highest BCUT2D eigenvalue weighted by molar-refractivity contribution is 7.13. The summed E-state index contributed by atoms with van der Waals surface area (Å²) in [6.07, 6.45) is 0.520. The minimum Gasteiger partial charge on any atom is -0.386 e. The summed E-state index contributed by atoms with van der Waals surface area (Å²) in [4.78, 5) is 12.9. The molecule has 2 aromatic rings. The second-order valence-corrected chi connectivity index (χ2v) is 5.71. The van der Waals surface area contributed by atoms with E-state index in [0.717, 1.165) is 4.88 Å². The van der Waals surface area contributed by atoms with Crippen LogP contribution in [0.15, 0.2) is 28.1 Å². The molecule has 0 aromatic carbocycles. The lowest BCUT2D eigenvalue weighted by molar-refractivity contribution is 0.0263. The van der Waals surface area contributed by atoms with Crippen LogP contribution in [0.4, 0.5) is 0 Å². The molecule has 1 amide bonds. The molecule has 0 radical (unpaired) electrons. The second-order valence-electron chi connectivity index (χ2n) is 4.76. The molecule has 7 heteroatoms. The molecule has 0 bridgehead atoms. The lowest BCUT2D eigenvalue weighted by Gasteiger charge is -2.19. The van der Waals surface area contributed by atoms with Crippen molar-refractivity contribution >= 4 is 17.2 Å². The third kappa shape index (κ3) is 2.74. The normalized spacial score (nSPS) is 22.1. The van der Waals surface area contributed by atoms with Crippen LogP contribution in [0.5, 0.6) is 0 Å². The Balaban J connectivity index is 1.63. The van der Waals surface area contributed by atoms with Crippen LogP contribution in [0, 0.1) is 0 Å². The molecule has 1 atom stereocenters. The molecule has 3 rings (SSSR count). The van der Waals surface area contributed by atoms with Gasteiger partial charge in [-0.05, 0) is 11.4 Å². The highest BCUT2D eigenvalue weighted by Crippen LogP contribution is 2.25. The van der Waals surface area contributed by atoms with Crippen molar-refractivity contribution in [2.45, 2.75) is 12.0 Å². The van der Waals surface area contributed by atoms with E-state index in [0.29, 0.717) is 18.8 Å². The fourth-order valence-corrected chi connectivity index (χ4v) is 2.66. The zero-order chi connectivity index (χ0) is 14.0. The van der Waals surface area contributed by atoms with Crippen molar-refractivity contribution in [1.82, 2.24) is 10.5 Å². The van der Waals surface area contributed by atoms with Crippen LogP contribution < -0.4 is 5.32 Å². The number of nitrogens with one attached hydrogen (secondary N) is 1. The average Bonchev–Trinajstić information content (AvgIpc) is 3.16. The van der Waals surface area contributed by atoms with Gasteiger partial charge in [0.1, 0.15) is 5.60 Å². The van der Waals surface area contributed by atoms with Crippen LogP contribution in [0.1, 0.15) is 16.9 Å². The molecule has 20 heavy (non-hydrogen) atoms. The molecule has 1 aliphatic rings. The van der Waals surface area contributed by atoms with Gasteiger partial charge in [0, 0.05) is 25.6 Å². The number of ether oxygens (including phenoxy) is 1. The van der Waals surface area contributed by atoms with E-state index in [1.807, 2.05) is 17.5 Å². The zero-order valence-electron chi connectivity index (χ0n) is 10.7. The fourth-order valence-electron chi connectivity index (χ4n) is 1.99. The highest BCUT2D eigenvalue weighted by Gasteiger charge is 2.32. The molecule has 1 saturated heterocycles. The van der Waals surface area contributed by atoms with Crippen LogP contribution in [0.2, 0.25) is 0 Å². The van der Waals surface area contributed by atoms with E-state index in [2.05, 4.69) is 10.5 Å². The van der Waals surface area contributed by atoms with Gasteiger partial charge in [0.05, 0.1) is 11.5 Å². The summed E-state index contributed by atoms with van der Waals surface area (Å²) in [5.74, 6) is 0.199. The van der Waals surface area contributed by atoms with Gasteiger partial charge in [-0.3, -0.25) is 4.79 Å². The molecule has 1 unspecified atom stereocenters. The van der Waals surface area contributed by atoms with Gasteiger partial charge in [-0.1, -0.05) is 11.2 Å². The van der Waals surface area contributed by atoms with Gasteiger partial charge < -0.3 is 19.7 Å². The number of thiophene rings is 1. The van der Waals surface area contributed by atoms with Crippen molar-refractivity contribution in [3.8, 4) is 10.6 Å². The van der Waals surface area contributed by atoms with Crippen LogP contribution >= 0.6 is 11.3 Å². The quantitative estimate of drug-likeness (QED) is 0.887. The molecule has 0 saturated carbocycles. The Labute approximate surface area is 119 Å². The van der Waals surface area contributed by atoms with Gasteiger partial charge in [-0.2, -0.15) is 0 Å². The lowest BCUT2D eigenvalue weighted by Crippen LogP contribution is -2.43. The number of carbonyl (C=O) groups is 1. The Morgan fingerprint density at radius 2 is 2.50 bits per heavy atom. The first kappa shape index (κ1) is 13.3. The summed E-state index contributed by atoms with van der Waals surface area (Å²) in [6.45, 7) is 0.901. The maximum Gasteiger partial charge on any atom is 0.273 e. The third-order valence-corrected chi connectivity index (χ3v) is 4.05. The predicted octanol–water partition coefficient (Wildman–Crippen LogP) is 1.28. The molecule has 0 spiro atoms. The van der Waals surface area contributed by atoms with Crippen LogP contribution in [-0.2, 0) is 4.74 Å². The number of hydrogen-bond acceptors (Lipinski definition) is 6. The van der Waals surface area contributed by atoms with E-state index in [-0.39, 0.29) is 24.8 Å². The lowest BCUT2D eigenvalue weighted by atomic mass is 10.0.